The highest BCUT2D eigenvalue weighted by Gasteiger charge is 2.02. The first-order valence-corrected chi connectivity index (χ1v) is 11.8. The molecule has 2 aromatic heterocycles. The molecule has 0 aliphatic carbocycles. The molecule has 0 amide bonds. The summed E-state index contributed by atoms with van der Waals surface area (Å²) in [5, 5.41) is 6.53. The molecule has 2 aromatic carbocycles. The monoisotopic (exact) mass is 483 g/mol. The summed E-state index contributed by atoms with van der Waals surface area (Å²) in [7, 11) is 0. The van der Waals surface area contributed by atoms with Crippen LogP contribution in [0.5, 0.6) is 0 Å². The van der Waals surface area contributed by atoms with Crippen LogP contribution in [0.25, 0.3) is 22.1 Å². The van der Waals surface area contributed by atoms with Crippen LogP contribution in [0.2, 0.25) is 0 Å². The van der Waals surface area contributed by atoms with Gasteiger partial charge < -0.3 is 45.3 Å². The van der Waals surface area contributed by atoms with Crippen molar-refractivity contribution in [1.82, 2.24) is 19.9 Å². The molecule has 0 spiro atoms. The highest BCUT2D eigenvalue weighted by Crippen LogP contribution is 2.17. The molecule has 2 heterocycles. The summed E-state index contributed by atoms with van der Waals surface area (Å²) < 4.78 is 22.2. The molecule has 4 aromatic rings. The number of hydrogen-bond donors (Lipinski definition) is 5. The number of aromatic nitrogens is 4. The Labute approximate surface area is 203 Å². The van der Waals surface area contributed by atoms with Crippen molar-refractivity contribution in [3.63, 3.8) is 0 Å². The van der Waals surface area contributed by atoms with E-state index in [-0.39, 0.29) is 0 Å². The van der Waals surface area contributed by atoms with Gasteiger partial charge in [-0.05, 0) is 30.3 Å². The van der Waals surface area contributed by atoms with Gasteiger partial charge in [0.15, 0.2) is 5.95 Å². The summed E-state index contributed by atoms with van der Waals surface area (Å²) in [6.45, 7) is 5.75. The fourth-order valence-electron chi connectivity index (χ4n) is 3.45. The van der Waals surface area contributed by atoms with Gasteiger partial charge >= 0.3 is 0 Å². The van der Waals surface area contributed by atoms with Crippen LogP contribution in [-0.4, -0.2) is 85.9 Å². The van der Waals surface area contributed by atoms with E-state index in [1.165, 1.54) is 0 Å². The second-order valence-corrected chi connectivity index (χ2v) is 7.76. The summed E-state index contributed by atoms with van der Waals surface area (Å²) in [6, 6.07) is 13.8. The molecule has 4 rings (SSSR count). The molecule has 0 aliphatic rings. The zero-order valence-electron chi connectivity index (χ0n) is 19.7. The third-order valence-corrected chi connectivity index (χ3v) is 5.12. The third kappa shape index (κ3) is 8.11. The van der Waals surface area contributed by atoms with Gasteiger partial charge in [-0.15, -0.1) is 0 Å². The zero-order valence-corrected chi connectivity index (χ0v) is 19.7. The van der Waals surface area contributed by atoms with Crippen molar-refractivity contribution < 1.29 is 18.9 Å². The van der Waals surface area contributed by atoms with E-state index in [0.29, 0.717) is 71.9 Å². The van der Waals surface area contributed by atoms with Crippen LogP contribution in [-0.2, 0) is 18.9 Å². The number of nitrogens with one attached hydrogen (secondary N) is 4. The average molecular weight is 484 g/mol. The lowest BCUT2D eigenvalue weighted by Gasteiger charge is -2.09. The van der Waals surface area contributed by atoms with Crippen LogP contribution in [0, 0.1) is 0 Å². The molecule has 0 bridgehead atoms. The normalized spacial score (nSPS) is 11.4. The molecule has 11 heteroatoms. The smallest absolute Gasteiger partial charge is 0.201 e. The molecule has 0 aliphatic heterocycles. The van der Waals surface area contributed by atoms with Gasteiger partial charge in [0.1, 0.15) is 0 Å². The Morgan fingerprint density at radius 1 is 0.657 bits per heavy atom. The first-order valence-electron chi connectivity index (χ1n) is 11.8. The van der Waals surface area contributed by atoms with Crippen molar-refractivity contribution in [2.75, 3.05) is 82.3 Å². The molecule has 0 radical (unpaired) electrons. The maximum atomic E-state index is 5.67. The minimum atomic E-state index is 0.419. The second-order valence-electron chi connectivity index (χ2n) is 7.76. The number of imidazole rings is 2. The Morgan fingerprint density at radius 3 is 2.00 bits per heavy atom. The lowest BCUT2D eigenvalue weighted by Crippen LogP contribution is -2.15. The molecule has 0 saturated carbocycles. The number of benzene rings is 2. The van der Waals surface area contributed by atoms with Gasteiger partial charge in [-0.2, -0.15) is 0 Å². The van der Waals surface area contributed by atoms with E-state index in [2.05, 4.69) is 30.6 Å². The first-order chi connectivity index (χ1) is 17.3. The summed E-state index contributed by atoms with van der Waals surface area (Å²) in [4.78, 5) is 14.9. The van der Waals surface area contributed by atoms with Crippen molar-refractivity contribution in [3.8, 4) is 0 Å². The maximum absolute atomic E-state index is 5.67. The molecule has 6 N–H and O–H groups in total. The van der Waals surface area contributed by atoms with Crippen molar-refractivity contribution in [1.29, 1.82) is 0 Å². The predicted octanol–water partition coefficient (Wildman–Crippen LogP) is 2.61. The van der Waals surface area contributed by atoms with Crippen molar-refractivity contribution in [2.45, 2.75) is 0 Å². The number of fused-ring (bicyclic) bond motifs is 2. The number of nitrogen functional groups attached to an aromatic ring is 1. The third-order valence-electron chi connectivity index (χ3n) is 5.12. The van der Waals surface area contributed by atoms with E-state index in [1.54, 1.807) is 0 Å². The maximum Gasteiger partial charge on any atom is 0.201 e. The van der Waals surface area contributed by atoms with E-state index in [9.17, 15) is 0 Å². The van der Waals surface area contributed by atoms with Crippen LogP contribution in [0.1, 0.15) is 0 Å². The minimum absolute atomic E-state index is 0.419. The topological polar surface area (TPSA) is 144 Å². The Hall–Kier alpha value is -3.38. The number of rotatable bonds is 17. The molecular weight excluding hydrogens is 450 g/mol. The van der Waals surface area contributed by atoms with E-state index >= 15 is 0 Å². The van der Waals surface area contributed by atoms with Crippen molar-refractivity contribution >= 4 is 39.7 Å². The Morgan fingerprint density at radius 2 is 1.29 bits per heavy atom. The fourth-order valence-corrected chi connectivity index (χ4v) is 3.45. The highest BCUT2D eigenvalue weighted by atomic mass is 16.6. The van der Waals surface area contributed by atoms with E-state index in [0.717, 1.165) is 33.7 Å². The largest absolute Gasteiger partial charge is 0.383 e. The van der Waals surface area contributed by atoms with Gasteiger partial charge in [-0.1, -0.05) is 12.1 Å². The molecule has 0 saturated heterocycles. The lowest BCUT2D eigenvalue weighted by atomic mass is 10.3. The first kappa shape index (κ1) is 24.7. The molecule has 0 unspecified atom stereocenters. The predicted molar refractivity (Wildman–Crippen MR) is 137 cm³/mol. The number of ether oxygens (including phenoxy) is 4. The molecule has 0 fully saturated rings. The number of H-pyrrole nitrogens is 2. The number of nitrogens with two attached hydrogens (primary N) is 1. The minimum Gasteiger partial charge on any atom is -0.383 e. The van der Waals surface area contributed by atoms with E-state index in [1.807, 2.05) is 42.5 Å². The lowest BCUT2D eigenvalue weighted by molar-refractivity contribution is 0.000293. The Balaban J connectivity index is 0.904. The molecule has 35 heavy (non-hydrogen) atoms. The summed E-state index contributed by atoms with van der Waals surface area (Å²) in [5.41, 5.74) is 10.4. The van der Waals surface area contributed by atoms with Crippen LogP contribution in [0.4, 0.5) is 17.6 Å². The van der Waals surface area contributed by atoms with Crippen LogP contribution >= 0.6 is 0 Å². The number of para-hydroxylation sites is 2. The van der Waals surface area contributed by atoms with Gasteiger partial charge in [-0.3, -0.25) is 0 Å². The standard InChI is InChI=1S/C24H33N7O4/c25-23-28-21-6-5-18(17-22(21)29-23)26-7-9-32-11-13-34-15-16-35-14-12-33-10-8-27-24-30-19-3-1-2-4-20(19)31-24/h1-6,17,26H,7-16H2,(H3,25,28,29)(H2,27,30,31). The summed E-state index contributed by atoms with van der Waals surface area (Å²) in [5.74, 6) is 1.17. The van der Waals surface area contributed by atoms with Gasteiger partial charge in [0.05, 0.1) is 74.9 Å². The van der Waals surface area contributed by atoms with Gasteiger partial charge in [0.2, 0.25) is 5.95 Å². The van der Waals surface area contributed by atoms with Gasteiger partial charge in [-0.25, -0.2) is 9.97 Å². The Bertz CT molecular complexity index is 1130. The molecule has 11 nitrogen and oxygen atoms in total. The second kappa shape index (κ2) is 13.5. The van der Waals surface area contributed by atoms with Gasteiger partial charge in [0.25, 0.3) is 0 Å². The van der Waals surface area contributed by atoms with Crippen molar-refractivity contribution in [2.24, 2.45) is 0 Å². The average Bonchev–Trinajstić information content (AvgIpc) is 3.45. The molecule has 0 atom stereocenters. The summed E-state index contributed by atoms with van der Waals surface area (Å²) >= 11 is 0. The SMILES string of the molecule is Nc1nc2ccc(NCCOCCOCCOCCOCCNc3nc4ccccc4[nH]3)cc2[nH]1. The molecule has 188 valence electrons. The van der Waals surface area contributed by atoms with E-state index in [4.69, 9.17) is 24.7 Å². The summed E-state index contributed by atoms with van der Waals surface area (Å²) in [6.07, 6.45) is 0. The van der Waals surface area contributed by atoms with E-state index < -0.39 is 0 Å². The highest BCUT2D eigenvalue weighted by molar-refractivity contribution is 5.81. The number of hydrogen-bond acceptors (Lipinski definition) is 9. The number of anilines is 3. The quantitative estimate of drug-likeness (QED) is 0.143. The van der Waals surface area contributed by atoms with Crippen LogP contribution < -0.4 is 16.4 Å². The van der Waals surface area contributed by atoms with Crippen molar-refractivity contribution in [3.05, 3.63) is 42.5 Å². The van der Waals surface area contributed by atoms with Gasteiger partial charge in [0, 0.05) is 18.8 Å². The Kier molecular flexibility index (Phi) is 9.54. The van der Waals surface area contributed by atoms with Crippen LogP contribution in [0.15, 0.2) is 42.5 Å². The molecular formula is C24H33N7O4. The fraction of sp³-hybridized carbons (Fsp3) is 0.417. The number of aromatic amines is 2. The number of nitrogens with zero attached hydrogens (tertiary/aromatic N) is 2. The van der Waals surface area contributed by atoms with Crippen LogP contribution in [0.3, 0.4) is 0 Å². The zero-order chi connectivity index (χ0) is 24.1.